The smallest absolute Gasteiger partial charge is 0.303 e. The van der Waals surface area contributed by atoms with E-state index in [1.165, 1.54) is 0 Å². The first-order valence-corrected chi connectivity index (χ1v) is 10.9. The number of aliphatic hydroxyl groups excluding tert-OH is 2. The Morgan fingerprint density at radius 1 is 1.04 bits per heavy atom. The Labute approximate surface area is 149 Å². The highest BCUT2D eigenvalue weighted by molar-refractivity contribution is 6.74. The fourth-order valence-corrected chi connectivity index (χ4v) is 2.78. The normalized spacial score (nSPS) is 17.2. The zero-order valence-electron chi connectivity index (χ0n) is 15.9. The van der Waals surface area contributed by atoms with Crippen LogP contribution in [0.25, 0.3) is 0 Å². The lowest BCUT2D eigenvalue weighted by Gasteiger charge is -2.38. The van der Waals surface area contributed by atoms with Gasteiger partial charge in [0, 0.05) is 13.8 Å². The van der Waals surface area contributed by atoms with Crippen molar-refractivity contribution >= 4 is 26.5 Å². The van der Waals surface area contributed by atoms with Crippen molar-refractivity contribution in [1.29, 1.82) is 0 Å². The van der Waals surface area contributed by atoms with Gasteiger partial charge in [0.15, 0.2) is 26.8 Å². The number of carbonyl (C=O) groups is 3. The molecular formula is C16H30O8Si. The first-order chi connectivity index (χ1) is 11.2. The van der Waals surface area contributed by atoms with E-state index < -0.39 is 44.7 Å². The van der Waals surface area contributed by atoms with Crippen LogP contribution in [-0.2, 0) is 28.3 Å². The number of rotatable bonds is 9. The minimum Gasteiger partial charge on any atom is -0.456 e. The summed E-state index contributed by atoms with van der Waals surface area (Å²) in [5, 5.41) is 20.1. The van der Waals surface area contributed by atoms with E-state index in [1.807, 2.05) is 33.9 Å². The summed E-state index contributed by atoms with van der Waals surface area (Å²) in [7, 11) is -2.20. The third kappa shape index (κ3) is 7.64. The second-order valence-electron chi connectivity index (χ2n) is 7.41. The summed E-state index contributed by atoms with van der Waals surface area (Å²) in [5.41, 5.74) is 0. The summed E-state index contributed by atoms with van der Waals surface area (Å²) in [6.07, 6.45) is -5.97. The van der Waals surface area contributed by atoms with E-state index in [2.05, 4.69) is 0 Å². The molecular weight excluding hydrogens is 348 g/mol. The number of aliphatic hydroxyl groups is 2. The van der Waals surface area contributed by atoms with Gasteiger partial charge in [0.1, 0.15) is 12.2 Å². The molecule has 146 valence electrons. The van der Waals surface area contributed by atoms with Crippen molar-refractivity contribution in [2.24, 2.45) is 0 Å². The SMILES string of the molecule is CC(=O)O[C@@H]([C@H](OC(C)=O)[C@@H](O)C=O)[C@H](O)CO[Si](C)(C)C(C)(C)C. The molecule has 0 bridgehead atoms. The number of aldehydes is 1. The van der Waals surface area contributed by atoms with Gasteiger partial charge in [0.25, 0.3) is 0 Å². The Bertz CT molecular complexity index is 471. The van der Waals surface area contributed by atoms with Crippen LogP contribution in [0.1, 0.15) is 34.6 Å². The molecule has 8 nitrogen and oxygen atoms in total. The number of hydrogen-bond donors (Lipinski definition) is 2. The molecule has 0 aromatic carbocycles. The highest BCUT2D eigenvalue weighted by Crippen LogP contribution is 2.36. The Hall–Kier alpha value is -1.29. The Morgan fingerprint density at radius 2 is 1.48 bits per heavy atom. The maximum Gasteiger partial charge on any atom is 0.303 e. The molecule has 0 rings (SSSR count). The molecule has 25 heavy (non-hydrogen) atoms. The summed E-state index contributed by atoms with van der Waals surface area (Å²) < 4.78 is 15.8. The van der Waals surface area contributed by atoms with Crippen LogP contribution < -0.4 is 0 Å². The number of hydrogen-bond acceptors (Lipinski definition) is 8. The van der Waals surface area contributed by atoms with Crippen LogP contribution in [0.3, 0.4) is 0 Å². The van der Waals surface area contributed by atoms with E-state index in [0.29, 0.717) is 0 Å². The predicted molar refractivity (Wildman–Crippen MR) is 92.3 cm³/mol. The number of carbonyl (C=O) groups excluding carboxylic acids is 3. The van der Waals surface area contributed by atoms with Gasteiger partial charge in [-0.25, -0.2) is 0 Å². The minimum atomic E-state index is -2.20. The Kier molecular flexibility index (Phi) is 8.93. The summed E-state index contributed by atoms with van der Waals surface area (Å²) >= 11 is 0. The lowest BCUT2D eigenvalue weighted by molar-refractivity contribution is -0.187. The Morgan fingerprint density at radius 3 is 1.84 bits per heavy atom. The minimum absolute atomic E-state index is 0.110. The molecule has 0 saturated carbocycles. The van der Waals surface area contributed by atoms with Crippen LogP contribution in [0.4, 0.5) is 0 Å². The van der Waals surface area contributed by atoms with E-state index in [1.54, 1.807) is 0 Å². The predicted octanol–water partition coefficient (Wildman–Crippen LogP) is 0.792. The van der Waals surface area contributed by atoms with Crippen molar-refractivity contribution in [1.82, 2.24) is 0 Å². The van der Waals surface area contributed by atoms with Gasteiger partial charge in [0.05, 0.1) is 6.61 Å². The summed E-state index contributed by atoms with van der Waals surface area (Å²) in [6.45, 7) is 12.0. The van der Waals surface area contributed by atoms with E-state index in [0.717, 1.165) is 13.8 Å². The molecule has 4 atom stereocenters. The maximum absolute atomic E-state index is 11.3. The van der Waals surface area contributed by atoms with E-state index >= 15 is 0 Å². The van der Waals surface area contributed by atoms with Crippen molar-refractivity contribution in [3.63, 3.8) is 0 Å². The van der Waals surface area contributed by atoms with Gasteiger partial charge >= 0.3 is 11.9 Å². The summed E-state index contributed by atoms with van der Waals surface area (Å²) in [4.78, 5) is 33.5. The van der Waals surface area contributed by atoms with Crippen molar-refractivity contribution in [3.8, 4) is 0 Å². The van der Waals surface area contributed by atoms with Gasteiger partial charge in [-0.05, 0) is 18.1 Å². The third-order valence-electron chi connectivity index (χ3n) is 4.20. The number of ether oxygens (including phenoxy) is 2. The van der Waals surface area contributed by atoms with E-state index in [4.69, 9.17) is 13.9 Å². The summed E-state index contributed by atoms with van der Waals surface area (Å²) in [5.74, 6) is -1.55. The fourth-order valence-electron chi connectivity index (χ4n) is 1.76. The van der Waals surface area contributed by atoms with Gasteiger partial charge in [-0.1, -0.05) is 20.8 Å². The van der Waals surface area contributed by atoms with Gasteiger partial charge in [-0.3, -0.25) is 9.59 Å². The molecule has 0 heterocycles. The highest BCUT2D eigenvalue weighted by Gasteiger charge is 2.42. The van der Waals surface area contributed by atoms with Crippen molar-refractivity contribution < 1.29 is 38.5 Å². The second kappa shape index (κ2) is 9.42. The topological polar surface area (TPSA) is 119 Å². The molecule has 0 aromatic heterocycles. The molecule has 0 spiro atoms. The van der Waals surface area contributed by atoms with Gasteiger partial charge < -0.3 is 28.9 Å². The molecule has 2 N–H and O–H groups in total. The molecule has 0 saturated heterocycles. The molecule has 0 radical (unpaired) electrons. The molecule has 0 unspecified atom stereocenters. The maximum atomic E-state index is 11.3. The molecule has 0 aliphatic heterocycles. The summed E-state index contributed by atoms with van der Waals surface area (Å²) in [6, 6.07) is 0. The molecule has 0 aromatic rings. The van der Waals surface area contributed by atoms with Crippen LogP contribution in [0.2, 0.25) is 18.1 Å². The molecule has 0 fully saturated rings. The highest BCUT2D eigenvalue weighted by atomic mass is 28.4. The number of esters is 2. The van der Waals surface area contributed by atoms with Crippen LogP contribution in [-0.4, -0.2) is 67.8 Å². The standard InChI is InChI=1S/C16H30O8Si/c1-10(18)23-14(12(20)8-17)15(24-11(2)19)13(21)9-22-25(6,7)16(3,4)5/h8,12-15,20-21H,9H2,1-7H3/t12-,13+,14+,15+/m0/s1. The van der Waals surface area contributed by atoms with Gasteiger partial charge in [0.2, 0.25) is 0 Å². The van der Waals surface area contributed by atoms with E-state index in [-0.39, 0.29) is 17.9 Å². The lowest BCUT2D eigenvalue weighted by atomic mass is 10.0. The zero-order chi connectivity index (χ0) is 20.0. The first-order valence-electron chi connectivity index (χ1n) is 8.02. The molecule has 9 heteroatoms. The van der Waals surface area contributed by atoms with Crippen LogP contribution in [0, 0.1) is 0 Å². The van der Waals surface area contributed by atoms with E-state index in [9.17, 15) is 24.6 Å². The average Bonchev–Trinajstić information content (AvgIpc) is 2.45. The van der Waals surface area contributed by atoms with Gasteiger partial charge in [-0.15, -0.1) is 0 Å². The molecule has 0 aliphatic carbocycles. The van der Waals surface area contributed by atoms with Gasteiger partial charge in [-0.2, -0.15) is 0 Å². The zero-order valence-corrected chi connectivity index (χ0v) is 16.9. The first kappa shape index (κ1) is 23.7. The second-order valence-corrected chi connectivity index (χ2v) is 12.2. The third-order valence-corrected chi connectivity index (χ3v) is 8.71. The van der Waals surface area contributed by atoms with Crippen molar-refractivity contribution in [2.45, 2.75) is 77.2 Å². The quantitative estimate of drug-likeness (QED) is 0.343. The lowest BCUT2D eigenvalue weighted by Crippen LogP contribution is -2.52. The van der Waals surface area contributed by atoms with Crippen molar-refractivity contribution in [3.05, 3.63) is 0 Å². The van der Waals surface area contributed by atoms with Crippen LogP contribution in [0.15, 0.2) is 0 Å². The fraction of sp³-hybridized carbons (Fsp3) is 0.812. The Balaban J connectivity index is 5.37. The largest absolute Gasteiger partial charge is 0.456 e. The monoisotopic (exact) mass is 378 g/mol. The molecule has 0 aliphatic rings. The average molecular weight is 378 g/mol. The van der Waals surface area contributed by atoms with Crippen LogP contribution in [0.5, 0.6) is 0 Å². The molecule has 0 amide bonds. The van der Waals surface area contributed by atoms with Crippen molar-refractivity contribution in [2.75, 3.05) is 6.61 Å². The van der Waals surface area contributed by atoms with Crippen LogP contribution >= 0.6 is 0 Å².